The summed E-state index contributed by atoms with van der Waals surface area (Å²) in [4.78, 5) is 57.5. The van der Waals surface area contributed by atoms with Crippen LogP contribution in [0.25, 0.3) is 0 Å². The molecule has 0 bridgehead atoms. The van der Waals surface area contributed by atoms with Crippen LogP contribution in [0.5, 0.6) is 0 Å². The van der Waals surface area contributed by atoms with E-state index in [4.69, 9.17) is 4.74 Å². The SMILES string of the molecule is C=CCCCCN(C)C(=O)[C@@H]1C[C@H](OC(=O)N2CCCc3ccccc32)C[C@H]1C(=O)N[C@]1(C(=O)NS(=O)(=O)C2CC2)C[C@H]1C=C. The number of ether oxygens (including phenoxy) is 1. The Balaban J connectivity index is 1.32. The average molecular weight is 641 g/mol. The number of fused-ring (bicyclic) bond motifs is 1. The van der Waals surface area contributed by atoms with E-state index in [0.717, 1.165) is 43.4 Å². The van der Waals surface area contributed by atoms with Gasteiger partial charge < -0.3 is 15.0 Å². The maximum atomic E-state index is 13.9. The molecule has 45 heavy (non-hydrogen) atoms. The van der Waals surface area contributed by atoms with Crippen LogP contribution in [0.1, 0.15) is 63.4 Å². The van der Waals surface area contributed by atoms with Gasteiger partial charge in [-0.2, -0.15) is 0 Å². The summed E-state index contributed by atoms with van der Waals surface area (Å²) in [5.41, 5.74) is 0.396. The van der Waals surface area contributed by atoms with E-state index in [9.17, 15) is 27.6 Å². The maximum absolute atomic E-state index is 13.9. The number of hydrogen-bond donors (Lipinski definition) is 2. The van der Waals surface area contributed by atoms with Crippen LogP contribution in [0.15, 0.2) is 49.6 Å². The maximum Gasteiger partial charge on any atom is 0.414 e. The number of hydrogen-bond acceptors (Lipinski definition) is 7. The number of unbranched alkanes of at least 4 members (excludes halogenated alkanes) is 2. The highest BCUT2D eigenvalue weighted by Crippen LogP contribution is 2.46. The van der Waals surface area contributed by atoms with Crippen LogP contribution in [0, 0.1) is 17.8 Å². The van der Waals surface area contributed by atoms with Crippen molar-refractivity contribution in [3.8, 4) is 0 Å². The van der Waals surface area contributed by atoms with Gasteiger partial charge in [0.05, 0.1) is 22.8 Å². The molecule has 244 valence electrons. The van der Waals surface area contributed by atoms with Gasteiger partial charge in [-0.1, -0.05) is 30.4 Å². The quantitative estimate of drug-likeness (QED) is 0.248. The fourth-order valence-corrected chi connectivity index (χ4v) is 8.00. The second-order valence-corrected chi connectivity index (χ2v) is 14.8. The van der Waals surface area contributed by atoms with Crippen molar-refractivity contribution in [2.75, 3.05) is 25.0 Å². The number of amides is 4. The standard InChI is InChI=1S/C33H44N4O7S/c1-4-6-7-10-17-36(3)30(39)27-20-24(44-32(41)37-18-11-13-22-12-8-9-14-28(22)37)19-26(27)29(38)34-33(21-23(33)5-2)31(40)35-45(42,43)25-15-16-25/h4-5,8-9,12,14,23-27H,1-2,6-7,10-11,13,15-21H2,3H3,(H,34,38)(H,35,40)/t23-,24-,26-,27-,33-/m1/s1. The Kier molecular flexibility index (Phi) is 9.71. The summed E-state index contributed by atoms with van der Waals surface area (Å²) >= 11 is 0. The molecule has 4 aliphatic rings. The number of nitrogens with zero attached hydrogens (tertiary/aromatic N) is 2. The zero-order valence-electron chi connectivity index (χ0n) is 25.9. The van der Waals surface area contributed by atoms with Gasteiger partial charge >= 0.3 is 6.09 Å². The lowest BCUT2D eigenvalue weighted by Gasteiger charge is -2.29. The van der Waals surface area contributed by atoms with Gasteiger partial charge in [0.15, 0.2) is 0 Å². The molecule has 5 atom stereocenters. The molecule has 0 aromatic heterocycles. The van der Waals surface area contributed by atoms with Crippen molar-refractivity contribution in [3.05, 3.63) is 55.1 Å². The number of sulfonamides is 1. The third kappa shape index (κ3) is 7.10. The lowest BCUT2D eigenvalue weighted by Crippen LogP contribution is -2.54. The van der Waals surface area contributed by atoms with Gasteiger partial charge in [-0.3, -0.25) is 24.0 Å². The first-order chi connectivity index (χ1) is 21.5. The summed E-state index contributed by atoms with van der Waals surface area (Å²) in [6.45, 7) is 8.49. The molecular formula is C33H44N4O7S. The van der Waals surface area contributed by atoms with Crippen LogP contribution in [0.4, 0.5) is 10.5 Å². The topological polar surface area (TPSA) is 142 Å². The number of aryl methyl sites for hydroxylation is 1. The zero-order valence-corrected chi connectivity index (χ0v) is 26.7. The predicted octanol–water partition coefficient (Wildman–Crippen LogP) is 3.45. The van der Waals surface area contributed by atoms with Crippen molar-refractivity contribution in [1.82, 2.24) is 14.9 Å². The number of anilines is 1. The van der Waals surface area contributed by atoms with E-state index in [0.29, 0.717) is 25.9 Å². The van der Waals surface area contributed by atoms with E-state index in [1.807, 2.05) is 30.3 Å². The summed E-state index contributed by atoms with van der Waals surface area (Å²) in [5, 5.41) is 2.21. The molecule has 1 aliphatic heterocycles. The molecule has 3 aliphatic carbocycles. The molecule has 4 amide bonds. The molecule has 2 N–H and O–H groups in total. The minimum absolute atomic E-state index is 0.102. The minimum Gasteiger partial charge on any atom is -0.446 e. The van der Waals surface area contributed by atoms with Gasteiger partial charge in [0.1, 0.15) is 11.6 Å². The van der Waals surface area contributed by atoms with Crippen LogP contribution >= 0.6 is 0 Å². The number of benzene rings is 1. The Morgan fingerprint density at radius 2 is 1.84 bits per heavy atom. The number of allylic oxidation sites excluding steroid dienone is 1. The van der Waals surface area contributed by atoms with Crippen molar-refractivity contribution in [2.45, 2.75) is 81.1 Å². The lowest BCUT2D eigenvalue weighted by atomic mass is 9.93. The van der Waals surface area contributed by atoms with E-state index in [1.165, 1.54) is 6.08 Å². The van der Waals surface area contributed by atoms with Crippen molar-refractivity contribution >= 4 is 39.5 Å². The fourth-order valence-electron chi connectivity index (χ4n) is 6.64. The van der Waals surface area contributed by atoms with Gasteiger partial charge in [-0.15, -0.1) is 13.2 Å². The van der Waals surface area contributed by atoms with Crippen molar-refractivity contribution in [2.24, 2.45) is 17.8 Å². The molecule has 12 heteroatoms. The lowest BCUT2D eigenvalue weighted by molar-refractivity contribution is -0.140. The second-order valence-electron chi connectivity index (χ2n) is 12.8. The summed E-state index contributed by atoms with van der Waals surface area (Å²) in [6, 6.07) is 7.67. The molecule has 1 aromatic rings. The molecule has 1 heterocycles. The Hall–Kier alpha value is -3.67. The summed E-state index contributed by atoms with van der Waals surface area (Å²) < 4.78 is 33.2. The number of nitrogens with one attached hydrogen (secondary N) is 2. The Bertz CT molecular complexity index is 1460. The van der Waals surface area contributed by atoms with E-state index < -0.39 is 62.6 Å². The van der Waals surface area contributed by atoms with Gasteiger partial charge in [-0.05, 0) is 75.8 Å². The van der Waals surface area contributed by atoms with Crippen molar-refractivity contribution in [1.29, 1.82) is 0 Å². The van der Waals surface area contributed by atoms with Crippen LogP contribution in [0.2, 0.25) is 0 Å². The van der Waals surface area contributed by atoms with Gasteiger partial charge in [0.25, 0.3) is 5.91 Å². The molecule has 0 unspecified atom stereocenters. The highest BCUT2D eigenvalue weighted by Gasteiger charge is 2.62. The Morgan fingerprint density at radius 3 is 2.53 bits per heavy atom. The number of carbonyl (C=O) groups is 4. The first-order valence-corrected chi connectivity index (χ1v) is 17.5. The van der Waals surface area contributed by atoms with Crippen LogP contribution in [-0.2, 0) is 35.6 Å². The van der Waals surface area contributed by atoms with Gasteiger partial charge in [0, 0.05) is 26.1 Å². The molecule has 11 nitrogen and oxygen atoms in total. The van der Waals surface area contributed by atoms with Crippen LogP contribution < -0.4 is 14.9 Å². The number of rotatable bonds is 13. The van der Waals surface area contributed by atoms with Crippen molar-refractivity contribution < 1.29 is 32.3 Å². The molecule has 3 fully saturated rings. The summed E-state index contributed by atoms with van der Waals surface area (Å²) in [7, 11) is -2.14. The third-order valence-electron chi connectivity index (χ3n) is 9.55. The average Bonchev–Trinajstić information content (AvgIpc) is 3.95. The molecule has 3 saturated carbocycles. The van der Waals surface area contributed by atoms with E-state index >= 15 is 0 Å². The largest absolute Gasteiger partial charge is 0.446 e. The van der Waals surface area contributed by atoms with Gasteiger partial charge in [-0.25, -0.2) is 13.2 Å². The van der Waals surface area contributed by atoms with E-state index in [2.05, 4.69) is 23.2 Å². The molecule has 1 aromatic carbocycles. The fraction of sp³-hybridized carbons (Fsp3) is 0.576. The monoisotopic (exact) mass is 640 g/mol. The normalized spacial score (nSPS) is 27.1. The Labute approximate surface area is 265 Å². The van der Waals surface area contributed by atoms with Gasteiger partial charge in [0.2, 0.25) is 21.8 Å². The predicted molar refractivity (Wildman–Crippen MR) is 170 cm³/mol. The second kappa shape index (κ2) is 13.4. The summed E-state index contributed by atoms with van der Waals surface area (Å²) in [5.74, 6) is -3.68. The first kappa shape index (κ1) is 32.7. The zero-order chi connectivity index (χ0) is 32.4. The molecule has 0 radical (unpaired) electrons. The minimum atomic E-state index is -3.83. The smallest absolute Gasteiger partial charge is 0.414 e. The summed E-state index contributed by atoms with van der Waals surface area (Å²) in [6.07, 6.45) is 7.72. The number of para-hydroxylation sites is 1. The highest BCUT2D eigenvalue weighted by molar-refractivity contribution is 7.91. The molecular weight excluding hydrogens is 596 g/mol. The van der Waals surface area contributed by atoms with Crippen LogP contribution in [-0.4, -0.2) is 74.2 Å². The van der Waals surface area contributed by atoms with E-state index in [-0.39, 0.29) is 25.2 Å². The van der Waals surface area contributed by atoms with E-state index in [1.54, 1.807) is 16.8 Å². The molecule has 0 saturated heterocycles. The molecule has 5 rings (SSSR count). The first-order valence-electron chi connectivity index (χ1n) is 15.9. The molecule has 0 spiro atoms. The Morgan fingerprint density at radius 1 is 1.11 bits per heavy atom. The highest BCUT2D eigenvalue weighted by atomic mass is 32.2. The van der Waals surface area contributed by atoms with Crippen LogP contribution in [0.3, 0.4) is 0 Å². The van der Waals surface area contributed by atoms with Crippen molar-refractivity contribution in [3.63, 3.8) is 0 Å². The number of carbonyl (C=O) groups excluding carboxylic acids is 4. The third-order valence-corrected chi connectivity index (χ3v) is 11.4.